The van der Waals surface area contributed by atoms with Gasteiger partial charge in [0.1, 0.15) is 6.54 Å². The van der Waals surface area contributed by atoms with E-state index in [1.807, 2.05) is 18.2 Å². The number of benzene rings is 1. The van der Waals surface area contributed by atoms with Crippen molar-refractivity contribution in [3.63, 3.8) is 0 Å². The number of para-hydroxylation sites is 1. The second-order valence-corrected chi connectivity index (χ2v) is 4.77. The Kier molecular flexibility index (Phi) is 5.43. The van der Waals surface area contributed by atoms with Crippen LogP contribution in [0, 0.1) is 0 Å². The first-order chi connectivity index (χ1) is 10.2. The van der Waals surface area contributed by atoms with Crippen LogP contribution in [0.1, 0.15) is 6.92 Å². The van der Waals surface area contributed by atoms with Gasteiger partial charge in [-0.05, 0) is 19.1 Å². The summed E-state index contributed by atoms with van der Waals surface area (Å²) in [7, 11) is 0. The molecule has 0 unspecified atom stereocenters. The first-order valence-electron chi connectivity index (χ1n) is 7.19. The average molecular weight is 291 g/mol. The van der Waals surface area contributed by atoms with Crippen LogP contribution >= 0.6 is 0 Å². The summed E-state index contributed by atoms with van der Waals surface area (Å²) in [6.45, 7) is 4.85. The fourth-order valence-electron chi connectivity index (χ4n) is 2.28. The highest BCUT2D eigenvalue weighted by molar-refractivity contribution is 5.81. The van der Waals surface area contributed by atoms with Crippen molar-refractivity contribution >= 4 is 17.7 Å². The number of carbonyl (C=O) groups excluding carboxylic acids is 2. The predicted molar refractivity (Wildman–Crippen MR) is 80.3 cm³/mol. The third-order valence-corrected chi connectivity index (χ3v) is 3.38. The summed E-state index contributed by atoms with van der Waals surface area (Å²) >= 11 is 0. The van der Waals surface area contributed by atoms with Crippen molar-refractivity contribution in [3.05, 3.63) is 30.3 Å². The van der Waals surface area contributed by atoms with Gasteiger partial charge >= 0.3 is 12.0 Å². The van der Waals surface area contributed by atoms with Gasteiger partial charge in [0.2, 0.25) is 0 Å². The summed E-state index contributed by atoms with van der Waals surface area (Å²) in [5.41, 5.74) is 1.17. The fourth-order valence-corrected chi connectivity index (χ4v) is 2.28. The molecule has 1 heterocycles. The SMILES string of the molecule is CCOC(=O)CNC(=O)N1CCN(c2ccccc2)CC1. The smallest absolute Gasteiger partial charge is 0.325 e. The zero-order valence-electron chi connectivity index (χ0n) is 12.2. The van der Waals surface area contributed by atoms with Crippen molar-refractivity contribution in [2.24, 2.45) is 0 Å². The zero-order valence-corrected chi connectivity index (χ0v) is 12.2. The molecule has 1 saturated heterocycles. The van der Waals surface area contributed by atoms with E-state index in [0.717, 1.165) is 13.1 Å². The van der Waals surface area contributed by atoms with E-state index < -0.39 is 5.97 Å². The molecule has 2 amide bonds. The molecule has 21 heavy (non-hydrogen) atoms. The molecule has 0 aliphatic carbocycles. The summed E-state index contributed by atoms with van der Waals surface area (Å²) in [6.07, 6.45) is 0. The molecule has 2 rings (SSSR count). The molecular formula is C15H21N3O3. The Morgan fingerprint density at radius 1 is 1.14 bits per heavy atom. The van der Waals surface area contributed by atoms with Crippen LogP contribution in [0.15, 0.2) is 30.3 Å². The normalized spacial score (nSPS) is 14.7. The second-order valence-electron chi connectivity index (χ2n) is 4.77. The molecule has 1 aromatic rings. The van der Waals surface area contributed by atoms with Crippen molar-refractivity contribution in [2.45, 2.75) is 6.92 Å². The number of hydrogen-bond acceptors (Lipinski definition) is 4. The standard InChI is InChI=1S/C15H21N3O3/c1-2-21-14(19)12-16-15(20)18-10-8-17(9-11-18)13-6-4-3-5-7-13/h3-7H,2,8-12H2,1H3,(H,16,20). The Hall–Kier alpha value is -2.24. The van der Waals surface area contributed by atoms with Gasteiger partial charge < -0.3 is 19.9 Å². The third-order valence-electron chi connectivity index (χ3n) is 3.38. The highest BCUT2D eigenvalue weighted by Gasteiger charge is 2.21. The molecule has 1 aromatic carbocycles. The first kappa shape index (κ1) is 15.2. The fraction of sp³-hybridized carbons (Fsp3) is 0.467. The first-order valence-corrected chi connectivity index (χ1v) is 7.19. The minimum atomic E-state index is -0.409. The molecule has 6 heteroatoms. The van der Waals surface area contributed by atoms with E-state index in [0.29, 0.717) is 19.7 Å². The van der Waals surface area contributed by atoms with Gasteiger partial charge in [-0.3, -0.25) is 4.79 Å². The Morgan fingerprint density at radius 2 is 1.81 bits per heavy atom. The van der Waals surface area contributed by atoms with Gasteiger partial charge in [-0.2, -0.15) is 0 Å². The van der Waals surface area contributed by atoms with Crippen molar-refractivity contribution in [2.75, 3.05) is 44.2 Å². The van der Waals surface area contributed by atoms with Crippen molar-refractivity contribution in [1.29, 1.82) is 0 Å². The van der Waals surface area contributed by atoms with Crippen LogP contribution in [0.3, 0.4) is 0 Å². The second kappa shape index (κ2) is 7.52. The highest BCUT2D eigenvalue weighted by atomic mass is 16.5. The van der Waals surface area contributed by atoms with E-state index in [2.05, 4.69) is 22.3 Å². The van der Waals surface area contributed by atoms with Gasteiger partial charge in [0.25, 0.3) is 0 Å². The van der Waals surface area contributed by atoms with Gasteiger partial charge in [-0.25, -0.2) is 4.79 Å². The summed E-state index contributed by atoms with van der Waals surface area (Å²) in [5, 5.41) is 2.59. The molecule has 1 fully saturated rings. The lowest BCUT2D eigenvalue weighted by Crippen LogP contribution is -2.52. The average Bonchev–Trinajstić information content (AvgIpc) is 2.54. The lowest BCUT2D eigenvalue weighted by atomic mass is 10.2. The molecule has 0 atom stereocenters. The molecule has 0 radical (unpaired) electrons. The number of anilines is 1. The molecule has 1 aliphatic heterocycles. The number of piperazine rings is 1. The van der Waals surface area contributed by atoms with Gasteiger partial charge in [0.05, 0.1) is 6.61 Å². The predicted octanol–water partition coefficient (Wildman–Crippen LogP) is 1.08. The minimum absolute atomic E-state index is 0.0778. The monoisotopic (exact) mass is 291 g/mol. The number of hydrogen-bond donors (Lipinski definition) is 1. The van der Waals surface area contributed by atoms with E-state index in [1.165, 1.54) is 5.69 Å². The van der Waals surface area contributed by atoms with Gasteiger partial charge in [-0.1, -0.05) is 18.2 Å². The third kappa shape index (κ3) is 4.37. The van der Waals surface area contributed by atoms with E-state index in [9.17, 15) is 9.59 Å². The summed E-state index contributed by atoms with van der Waals surface area (Å²) in [4.78, 5) is 27.1. The Labute approximate surface area is 124 Å². The zero-order chi connectivity index (χ0) is 15.1. The van der Waals surface area contributed by atoms with Crippen LogP contribution in [0.2, 0.25) is 0 Å². The van der Waals surface area contributed by atoms with Gasteiger partial charge in [0.15, 0.2) is 0 Å². The molecule has 0 aromatic heterocycles. The number of ether oxygens (including phenoxy) is 1. The van der Waals surface area contributed by atoms with E-state index in [1.54, 1.807) is 11.8 Å². The summed E-state index contributed by atoms with van der Waals surface area (Å²) < 4.78 is 4.77. The van der Waals surface area contributed by atoms with E-state index >= 15 is 0 Å². The lowest BCUT2D eigenvalue weighted by Gasteiger charge is -2.36. The molecule has 0 bridgehead atoms. The molecule has 0 saturated carbocycles. The maximum Gasteiger partial charge on any atom is 0.325 e. The number of rotatable bonds is 4. The van der Waals surface area contributed by atoms with Crippen LogP contribution in [0.25, 0.3) is 0 Å². The minimum Gasteiger partial charge on any atom is -0.465 e. The Balaban J connectivity index is 1.76. The van der Waals surface area contributed by atoms with Gasteiger partial charge in [-0.15, -0.1) is 0 Å². The van der Waals surface area contributed by atoms with Crippen LogP contribution in [0.4, 0.5) is 10.5 Å². The Bertz CT molecular complexity index is 470. The Morgan fingerprint density at radius 3 is 2.43 bits per heavy atom. The van der Waals surface area contributed by atoms with Gasteiger partial charge in [0, 0.05) is 31.9 Å². The molecular weight excluding hydrogens is 270 g/mol. The number of esters is 1. The van der Waals surface area contributed by atoms with Crippen LogP contribution in [-0.2, 0) is 9.53 Å². The topological polar surface area (TPSA) is 61.9 Å². The molecule has 1 aliphatic rings. The summed E-state index contributed by atoms with van der Waals surface area (Å²) in [6, 6.07) is 9.92. The van der Waals surface area contributed by atoms with Crippen molar-refractivity contribution in [1.82, 2.24) is 10.2 Å². The highest BCUT2D eigenvalue weighted by Crippen LogP contribution is 2.15. The molecule has 0 spiro atoms. The molecule has 1 N–H and O–H groups in total. The van der Waals surface area contributed by atoms with Crippen LogP contribution in [0.5, 0.6) is 0 Å². The maximum absolute atomic E-state index is 11.9. The van der Waals surface area contributed by atoms with Crippen LogP contribution in [-0.4, -0.2) is 56.2 Å². The van der Waals surface area contributed by atoms with Crippen LogP contribution < -0.4 is 10.2 Å². The van der Waals surface area contributed by atoms with Crippen molar-refractivity contribution < 1.29 is 14.3 Å². The number of nitrogens with one attached hydrogen (secondary N) is 1. The summed E-state index contributed by atoms with van der Waals surface area (Å²) in [5.74, 6) is -0.409. The number of amides is 2. The molecule has 6 nitrogen and oxygen atoms in total. The number of nitrogens with zero attached hydrogens (tertiary/aromatic N) is 2. The number of carbonyl (C=O) groups is 2. The largest absolute Gasteiger partial charge is 0.465 e. The number of urea groups is 1. The molecule has 114 valence electrons. The quantitative estimate of drug-likeness (QED) is 0.843. The maximum atomic E-state index is 11.9. The van der Waals surface area contributed by atoms with Crippen molar-refractivity contribution in [3.8, 4) is 0 Å². The lowest BCUT2D eigenvalue weighted by molar-refractivity contribution is -0.141. The van der Waals surface area contributed by atoms with E-state index in [-0.39, 0.29) is 12.6 Å². The van der Waals surface area contributed by atoms with E-state index in [4.69, 9.17) is 4.74 Å².